The second-order valence-corrected chi connectivity index (χ2v) is 8.28. The van der Waals surface area contributed by atoms with Crippen molar-refractivity contribution in [2.24, 2.45) is 0 Å². The van der Waals surface area contributed by atoms with Gasteiger partial charge in [0, 0.05) is 12.4 Å². The lowest BCUT2D eigenvalue weighted by Gasteiger charge is -2.24. The molecule has 1 unspecified atom stereocenters. The summed E-state index contributed by atoms with van der Waals surface area (Å²) in [5, 5.41) is 0.0481. The van der Waals surface area contributed by atoms with Crippen LogP contribution in [0, 0.1) is 5.82 Å². The Balaban J connectivity index is 1.71. The van der Waals surface area contributed by atoms with Crippen molar-refractivity contribution in [3.8, 4) is 11.5 Å². The second kappa shape index (κ2) is 9.77. The number of halogens is 1. The molecule has 0 N–H and O–H groups in total. The Morgan fingerprint density at radius 1 is 1.03 bits per heavy atom. The van der Waals surface area contributed by atoms with Crippen molar-refractivity contribution in [3.63, 3.8) is 0 Å². The molecule has 0 spiro atoms. The predicted molar refractivity (Wildman–Crippen MR) is 131 cm³/mol. The molecule has 2 aromatic carbocycles. The van der Waals surface area contributed by atoms with E-state index in [2.05, 4.69) is 16.9 Å². The summed E-state index contributed by atoms with van der Waals surface area (Å²) >= 11 is 0. The molecule has 0 radical (unpaired) electrons. The standard InChI is InChI=1S/C27H24FN3O5/c1-3-5-13-35-20-9-7-16(14-21(20)34-4-2)23-22-24(32)18-15-17(28)8-10-19(18)36-25(22)26(33)31(23)27-29-11-6-12-30-27/h6-12,14-15,23H,3-5,13H2,1-2H3. The number of fused-ring (bicyclic) bond motifs is 2. The van der Waals surface area contributed by atoms with Crippen molar-refractivity contribution < 1.29 is 23.1 Å². The van der Waals surface area contributed by atoms with Crippen molar-refractivity contribution in [2.45, 2.75) is 32.7 Å². The van der Waals surface area contributed by atoms with Gasteiger partial charge < -0.3 is 13.9 Å². The third kappa shape index (κ3) is 4.06. The molecule has 0 fully saturated rings. The van der Waals surface area contributed by atoms with Crippen molar-refractivity contribution in [3.05, 3.63) is 87.8 Å². The Labute approximate surface area is 206 Å². The van der Waals surface area contributed by atoms with Crippen molar-refractivity contribution in [2.75, 3.05) is 18.1 Å². The highest BCUT2D eigenvalue weighted by Crippen LogP contribution is 2.42. The van der Waals surface area contributed by atoms with E-state index in [0.29, 0.717) is 30.3 Å². The number of amides is 1. The predicted octanol–water partition coefficient (Wildman–Crippen LogP) is 5.05. The fourth-order valence-electron chi connectivity index (χ4n) is 4.29. The van der Waals surface area contributed by atoms with Crippen LogP contribution in [0.4, 0.5) is 10.3 Å². The fourth-order valence-corrected chi connectivity index (χ4v) is 4.29. The van der Waals surface area contributed by atoms with Crippen molar-refractivity contribution in [1.29, 1.82) is 0 Å². The monoisotopic (exact) mass is 489 g/mol. The number of carbonyl (C=O) groups excluding carboxylic acids is 1. The van der Waals surface area contributed by atoms with E-state index in [1.807, 2.05) is 6.92 Å². The second-order valence-electron chi connectivity index (χ2n) is 8.28. The van der Waals surface area contributed by atoms with Crippen LogP contribution < -0.4 is 19.8 Å². The summed E-state index contributed by atoms with van der Waals surface area (Å²) < 4.78 is 31.6. The first-order valence-corrected chi connectivity index (χ1v) is 11.8. The van der Waals surface area contributed by atoms with E-state index in [9.17, 15) is 14.0 Å². The average Bonchev–Trinajstić information content (AvgIpc) is 3.18. The first kappa shape index (κ1) is 23.5. The van der Waals surface area contributed by atoms with Crippen LogP contribution in [0.25, 0.3) is 11.0 Å². The number of aromatic nitrogens is 2. The lowest BCUT2D eigenvalue weighted by Crippen LogP contribution is -2.31. The third-order valence-corrected chi connectivity index (χ3v) is 5.94. The molecule has 0 saturated carbocycles. The molecule has 5 rings (SSSR count). The normalized spacial score (nSPS) is 14.8. The Hall–Kier alpha value is -4.27. The minimum atomic E-state index is -0.914. The summed E-state index contributed by atoms with van der Waals surface area (Å²) in [6, 6.07) is 9.60. The fraction of sp³-hybridized carbons (Fsp3) is 0.259. The summed E-state index contributed by atoms with van der Waals surface area (Å²) in [5.41, 5.74) is 0.290. The Morgan fingerprint density at radius 2 is 1.83 bits per heavy atom. The van der Waals surface area contributed by atoms with Gasteiger partial charge in [-0.2, -0.15) is 0 Å². The van der Waals surface area contributed by atoms with Crippen molar-refractivity contribution in [1.82, 2.24) is 9.97 Å². The zero-order chi connectivity index (χ0) is 25.2. The number of ether oxygens (including phenoxy) is 2. The number of carbonyl (C=O) groups is 1. The number of benzene rings is 2. The quantitative estimate of drug-likeness (QED) is 0.320. The SMILES string of the molecule is CCCCOc1ccc(C2c3c(oc4ccc(F)cc4c3=O)C(=O)N2c2ncccn2)cc1OCC. The van der Waals surface area contributed by atoms with Gasteiger partial charge >= 0.3 is 0 Å². The van der Waals surface area contributed by atoms with E-state index in [4.69, 9.17) is 13.9 Å². The average molecular weight is 490 g/mol. The molecular formula is C27H24FN3O5. The van der Waals surface area contributed by atoms with Crippen LogP contribution in [0.1, 0.15) is 54.4 Å². The summed E-state index contributed by atoms with van der Waals surface area (Å²) in [6.07, 6.45) is 4.89. The largest absolute Gasteiger partial charge is 0.490 e. The van der Waals surface area contributed by atoms with Gasteiger partial charge in [0.15, 0.2) is 16.9 Å². The summed E-state index contributed by atoms with van der Waals surface area (Å²) in [5.74, 6) is -0.115. The highest BCUT2D eigenvalue weighted by atomic mass is 19.1. The van der Waals surface area contributed by atoms with Crippen LogP contribution in [0.3, 0.4) is 0 Å². The maximum atomic E-state index is 14.0. The van der Waals surface area contributed by atoms with Gasteiger partial charge in [-0.1, -0.05) is 19.4 Å². The molecular weight excluding hydrogens is 465 g/mol. The van der Waals surface area contributed by atoms with E-state index >= 15 is 0 Å². The van der Waals surface area contributed by atoms with E-state index < -0.39 is 23.2 Å². The zero-order valence-corrected chi connectivity index (χ0v) is 19.9. The van der Waals surface area contributed by atoms with Gasteiger partial charge in [-0.05, 0) is 55.3 Å². The molecule has 1 aliphatic heterocycles. The van der Waals surface area contributed by atoms with E-state index in [0.717, 1.165) is 18.9 Å². The van der Waals surface area contributed by atoms with Gasteiger partial charge in [-0.15, -0.1) is 0 Å². The number of unbranched alkanes of at least 4 members (excludes halogenated alkanes) is 1. The molecule has 8 nitrogen and oxygen atoms in total. The van der Waals surface area contributed by atoms with Crippen LogP contribution >= 0.6 is 0 Å². The van der Waals surface area contributed by atoms with Gasteiger partial charge in [0.1, 0.15) is 11.4 Å². The molecule has 1 atom stereocenters. The molecule has 9 heteroatoms. The van der Waals surface area contributed by atoms with Crippen LogP contribution in [-0.4, -0.2) is 29.1 Å². The molecule has 4 aromatic rings. The Kier molecular flexibility index (Phi) is 6.37. The van der Waals surface area contributed by atoms with Crippen LogP contribution in [0.2, 0.25) is 0 Å². The van der Waals surface area contributed by atoms with Gasteiger partial charge in [0.2, 0.25) is 11.7 Å². The maximum Gasteiger partial charge on any atom is 0.297 e. The number of nitrogens with zero attached hydrogens (tertiary/aromatic N) is 3. The van der Waals surface area contributed by atoms with Crippen molar-refractivity contribution >= 4 is 22.8 Å². The summed E-state index contributed by atoms with van der Waals surface area (Å²) in [7, 11) is 0. The van der Waals surface area contributed by atoms with Gasteiger partial charge in [0.05, 0.1) is 30.2 Å². The first-order chi connectivity index (χ1) is 17.5. The molecule has 2 aromatic heterocycles. The summed E-state index contributed by atoms with van der Waals surface area (Å²) in [6.45, 7) is 4.86. The number of hydrogen-bond donors (Lipinski definition) is 0. The van der Waals surface area contributed by atoms with Gasteiger partial charge in [-0.3, -0.25) is 14.5 Å². The molecule has 1 aliphatic rings. The van der Waals surface area contributed by atoms with Gasteiger partial charge in [-0.25, -0.2) is 14.4 Å². The Morgan fingerprint density at radius 3 is 2.58 bits per heavy atom. The minimum Gasteiger partial charge on any atom is -0.490 e. The maximum absolute atomic E-state index is 14.0. The number of anilines is 1. The van der Waals surface area contributed by atoms with E-state index in [1.54, 1.807) is 24.3 Å². The zero-order valence-electron chi connectivity index (χ0n) is 19.9. The van der Waals surface area contributed by atoms with E-state index in [1.165, 1.54) is 29.4 Å². The molecule has 36 heavy (non-hydrogen) atoms. The lowest BCUT2D eigenvalue weighted by atomic mass is 9.98. The first-order valence-electron chi connectivity index (χ1n) is 11.8. The molecule has 3 heterocycles. The topological polar surface area (TPSA) is 94.8 Å². The van der Waals surface area contributed by atoms with Crippen LogP contribution in [-0.2, 0) is 0 Å². The van der Waals surface area contributed by atoms with Gasteiger partial charge in [0.25, 0.3) is 5.91 Å². The highest BCUT2D eigenvalue weighted by molar-refractivity contribution is 6.09. The number of rotatable bonds is 8. The molecule has 1 amide bonds. The molecule has 0 bridgehead atoms. The molecule has 184 valence electrons. The van der Waals surface area contributed by atoms with E-state index in [-0.39, 0.29) is 28.2 Å². The number of hydrogen-bond acceptors (Lipinski definition) is 7. The smallest absolute Gasteiger partial charge is 0.297 e. The minimum absolute atomic E-state index is 0.0481. The van der Waals surface area contributed by atoms with Crippen LogP contribution in [0.15, 0.2) is 64.1 Å². The lowest BCUT2D eigenvalue weighted by molar-refractivity contribution is 0.0969. The summed E-state index contributed by atoms with van der Waals surface area (Å²) in [4.78, 5) is 37.0. The Bertz CT molecular complexity index is 1490. The molecule has 0 aliphatic carbocycles. The molecule has 0 saturated heterocycles. The van der Waals surface area contributed by atoms with Crippen LogP contribution in [0.5, 0.6) is 11.5 Å². The highest BCUT2D eigenvalue weighted by Gasteiger charge is 2.45. The third-order valence-electron chi connectivity index (χ3n) is 5.94.